The number of nitrogens with one attached hydrogen (secondary N) is 1. The van der Waals surface area contributed by atoms with Crippen molar-refractivity contribution in [3.05, 3.63) is 23.0 Å². The Hall–Kier alpha value is -1.00. The summed E-state index contributed by atoms with van der Waals surface area (Å²) >= 11 is 6.16. The van der Waals surface area contributed by atoms with E-state index in [1.54, 1.807) is 0 Å². The van der Waals surface area contributed by atoms with Crippen LogP contribution in [0.3, 0.4) is 0 Å². The molecule has 112 valence electrons. The fourth-order valence-electron chi connectivity index (χ4n) is 2.60. The summed E-state index contributed by atoms with van der Waals surface area (Å²) in [5.41, 5.74) is 0. The lowest BCUT2D eigenvalue weighted by Gasteiger charge is -2.25. The quantitative estimate of drug-likeness (QED) is 0.870. The van der Waals surface area contributed by atoms with Crippen molar-refractivity contribution in [3.8, 4) is 11.5 Å². The van der Waals surface area contributed by atoms with Gasteiger partial charge in [-0.1, -0.05) is 24.9 Å². The Morgan fingerprint density at radius 2 is 2.30 bits per heavy atom. The molecule has 1 aliphatic heterocycles. The maximum atomic E-state index is 14.0. The molecule has 1 N–H and O–H groups in total. The second-order valence-corrected chi connectivity index (χ2v) is 5.47. The van der Waals surface area contributed by atoms with Gasteiger partial charge >= 0.3 is 0 Å². The number of ether oxygens (including phenoxy) is 2. The molecule has 1 aliphatic rings. The molecule has 0 bridgehead atoms. The number of halogens is 2. The van der Waals surface area contributed by atoms with Crippen molar-refractivity contribution < 1.29 is 13.9 Å². The van der Waals surface area contributed by atoms with Crippen LogP contribution in [-0.4, -0.2) is 26.3 Å². The molecule has 3 nitrogen and oxygen atoms in total. The molecule has 5 heteroatoms. The van der Waals surface area contributed by atoms with Crippen molar-refractivity contribution in [2.45, 2.75) is 32.3 Å². The van der Waals surface area contributed by atoms with Gasteiger partial charge in [0.2, 0.25) is 0 Å². The van der Waals surface area contributed by atoms with E-state index in [-0.39, 0.29) is 16.9 Å². The summed E-state index contributed by atoms with van der Waals surface area (Å²) in [5, 5.41) is 3.53. The third-order valence-corrected chi connectivity index (χ3v) is 4.06. The maximum absolute atomic E-state index is 14.0. The van der Waals surface area contributed by atoms with Crippen LogP contribution in [0.1, 0.15) is 26.2 Å². The van der Waals surface area contributed by atoms with Crippen LogP contribution in [0.2, 0.25) is 5.02 Å². The van der Waals surface area contributed by atoms with Crippen LogP contribution in [0, 0.1) is 11.7 Å². The van der Waals surface area contributed by atoms with E-state index >= 15 is 0 Å². The van der Waals surface area contributed by atoms with Gasteiger partial charge in [0.05, 0.1) is 7.11 Å². The topological polar surface area (TPSA) is 30.5 Å². The highest BCUT2D eigenvalue weighted by molar-refractivity contribution is 6.33. The fourth-order valence-corrected chi connectivity index (χ4v) is 2.88. The molecule has 0 unspecified atom stereocenters. The van der Waals surface area contributed by atoms with Gasteiger partial charge in [0.1, 0.15) is 16.9 Å². The molecule has 0 aliphatic carbocycles. The molecule has 1 saturated heterocycles. The highest BCUT2D eigenvalue weighted by Crippen LogP contribution is 2.38. The lowest BCUT2D eigenvalue weighted by molar-refractivity contribution is 0.126. The molecular formula is C15H21ClFNO2. The van der Waals surface area contributed by atoms with Gasteiger partial charge in [0, 0.05) is 12.5 Å². The molecule has 1 aromatic rings. The largest absolute Gasteiger partial charge is 0.495 e. The van der Waals surface area contributed by atoms with Crippen LogP contribution in [-0.2, 0) is 0 Å². The van der Waals surface area contributed by atoms with Gasteiger partial charge < -0.3 is 14.8 Å². The van der Waals surface area contributed by atoms with Crippen LogP contribution in [0.5, 0.6) is 11.5 Å². The van der Waals surface area contributed by atoms with E-state index in [0.717, 1.165) is 32.4 Å². The summed E-state index contributed by atoms with van der Waals surface area (Å²) < 4.78 is 25.0. The average Bonchev–Trinajstić information content (AvgIpc) is 2.96. The third kappa shape index (κ3) is 3.36. The molecule has 1 heterocycles. The van der Waals surface area contributed by atoms with Gasteiger partial charge in [0.15, 0.2) is 11.6 Å². The average molecular weight is 302 g/mol. The van der Waals surface area contributed by atoms with Crippen molar-refractivity contribution >= 4 is 11.6 Å². The summed E-state index contributed by atoms with van der Waals surface area (Å²) in [4.78, 5) is 0. The zero-order valence-electron chi connectivity index (χ0n) is 11.9. The Labute approximate surface area is 124 Å². The van der Waals surface area contributed by atoms with E-state index < -0.39 is 5.82 Å². The Morgan fingerprint density at radius 1 is 1.50 bits per heavy atom. The van der Waals surface area contributed by atoms with E-state index in [1.165, 1.54) is 19.2 Å². The first-order chi connectivity index (χ1) is 9.67. The van der Waals surface area contributed by atoms with Crippen molar-refractivity contribution in [1.82, 2.24) is 5.32 Å². The second kappa shape index (κ2) is 7.14. The molecule has 1 aromatic carbocycles. The van der Waals surface area contributed by atoms with E-state index in [9.17, 15) is 4.39 Å². The van der Waals surface area contributed by atoms with Crippen molar-refractivity contribution in [2.24, 2.45) is 5.92 Å². The number of hydrogen-bond donors (Lipinski definition) is 1. The minimum atomic E-state index is -0.442. The van der Waals surface area contributed by atoms with E-state index in [4.69, 9.17) is 21.1 Å². The fraction of sp³-hybridized carbons (Fsp3) is 0.600. The van der Waals surface area contributed by atoms with Crippen molar-refractivity contribution in [2.75, 3.05) is 20.2 Å². The molecule has 2 atom stereocenters. The van der Waals surface area contributed by atoms with Gasteiger partial charge in [-0.3, -0.25) is 0 Å². The molecule has 0 spiro atoms. The Balaban J connectivity index is 2.21. The first-order valence-corrected chi connectivity index (χ1v) is 7.44. The number of rotatable bonds is 6. The molecule has 0 saturated carbocycles. The van der Waals surface area contributed by atoms with Crippen LogP contribution in [0.4, 0.5) is 4.39 Å². The van der Waals surface area contributed by atoms with Crippen molar-refractivity contribution in [3.63, 3.8) is 0 Å². The Morgan fingerprint density at radius 3 is 2.90 bits per heavy atom. The predicted molar refractivity (Wildman–Crippen MR) is 78.3 cm³/mol. The number of hydrogen-bond acceptors (Lipinski definition) is 3. The molecule has 20 heavy (non-hydrogen) atoms. The highest BCUT2D eigenvalue weighted by Gasteiger charge is 2.28. The molecule has 2 rings (SSSR count). The summed E-state index contributed by atoms with van der Waals surface area (Å²) in [5.74, 6) is 0.499. The summed E-state index contributed by atoms with van der Waals surface area (Å²) in [6.45, 7) is 4.00. The number of benzene rings is 1. The molecule has 0 amide bonds. The second-order valence-electron chi connectivity index (χ2n) is 5.09. The van der Waals surface area contributed by atoms with Gasteiger partial charge in [-0.2, -0.15) is 0 Å². The SMILES string of the molecule is CCC[C@@H](Oc1c(F)ccc(OC)c1Cl)[C@H]1CCNC1. The molecule has 0 radical (unpaired) electrons. The van der Waals surface area contributed by atoms with Gasteiger partial charge in [-0.25, -0.2) is 4.39 Å². The molecular weight excluding hydrogens is 281 g/mol. The van der Waals surface area contributed by atoms with E-state index in [0.29, 0.717) is 11.7 Å². The minimum Gasteiger partial charge on any atom is -0.495 e. The lowest BCUT2D eigenvalue weighted by atomic mass is 9.97. The predicted octanol–water partition coefficient (Wildman–Crippen LogP) is 3.64. The normalized spacial score (nSPS) is 19.9. The lowest BCUT2D eigenvalue weighted by Crippen LogP contribution is -2.29. The van der Waals surface area contributed by atoms with Crippen LogP contribution >= 0.6 is 11.6 Å². The maximum Gasteiger partial charge on any atom is 0.177 e. The van der Waals surface area contributed by atoms with Crippen molar-refractivity contribution in [1.29, 1.82) is 0 Å². The number of methoxy groups -OCH3 is 1. The Kier molecular flexibility index (Phi) is 5.49. The van der Waals surface area contributed by atoms with Crippen LogP contribution < -0.4 is 14.8 Å². The van der Waals surface area contributed by atoms with Gasteiger partial charge in [-0.05, 0) is 31.5 Å². The van der Waals surface area contributed by atoms with Crippen LogP contribution in [0.15, 0.2) is 12.1 Å². The summed E-state index contributed by atoms with van der Waals surface area (Å²) in [7, 11) is 1.51. The zero-order chi connectivity index (χ0) is 14.5. The highest BCUT2D eigenvalue weighted by atomic mass is 35.5. The smallest absolute Gasteiger partial charge is 0.177 e. The van der Waals surface area contributed by atoms with Crippen LogP contribution in [0.25, 0.3) is 0 Å². The summed E-state index contributed by atoms with van der Waals surface area (Å²) in [6, 6.07) is 2.84. The standard InChI is InChI=1S/C15H21ClFNO2/c1-3-4-12(10-7-8-18-9-10)20-15-11(17)5-6-13(19-2)14(15)16/h5-6,10,12,18H,3-4,7-9H2,1-2H3/t10-,12+/m0/s1. The minimum absolute atomic E-state index is 0.0193. The monoisotopic (exact) mass is 301 g/mol. The Bertz CT molecular complexity index is 450. The molecule has 0 aromatic heterocycles. The third-order valence-electron chi connectivity index (χ3n) is 3.70. The first-order valence-electron chi connectivity index (χ1n) is 7.06. The van der Waals surface area contributed by atoms with Gasteiger partial charge in [0.25, 0.3) is 0 Å². The van der Waals surface area contributed by atoms with Gasteiger partial charge in [-0.15, -0.1) is 0 Å². The first kappa shape index (κ1) is 15.4. The zero-order valence-corrected chi connectivity index (χ0v) is 12.7. The summed E-state index contributed by atoms with van der Waals surface area (Å²) in [6.07, 6.45) is 2.91. The molecule has 1 fully saturated rings. The van der Waals surface area contributed by atoms with E-state index in [1.807, 2.05) is 0 Å². The van der Waals surface area contributed by atoms with E-state index in [2.05, 4.69) is 12.2 Å².